The van der Waals surface area contributed by atoms with Crippen LogP contribution in [0.1, 0.15) is 40.2 Å². The molecule has 1 unspecified atom stereocenters. The first-order valence-corrected chi connectivity index (χ1v) is 7.31. The zero-order valence-electron chi connectivity index (χ0n) is 12.5. The van der Waals surface area contributed by atoms with Crippen molar-refractivity contribution in [3.05, 3.63) is 70.3 Å². The second kappa shape index (κ2) is 5.24. The number of hydrogen-bond acceptors (Lipinski definition) is 1. The number of aryl methyl sites for hydroxylation is 3. The van der Waals surface area contributed by atoms with E-state index >= 15 is 0 Å². The van der Waals surface area contributed by atoms with Crippen molar-refractivity contribution in [2.45, 2.75) is 33.1 Å². The number of aliphatic imine (C=N–C) groups is 1. The molecule has 0 radical (unpaired) electrons. The highest BCUT2D eigenvalue weighted by molar-refractivity contribution is 6.02. The Labute approximate surface area is 121 Å². The normalized spacial score (nSPS) is 18.1. The fourth-order valence-electron chi connectivity index (χ4n) is 3.11. The van der Waals surface area contributed by atoms with Gasteiger partial charge in [-0.1, -0.05) is 53.6 Å². The summed E-state index contributed by atoms with van der Waals surface area (Å²) in [6.45, 7) is 7.43. The van der Waals surface area contributed by atoms with Crippen LogP contribution in [0.4, 0.5) is 0 Å². The highest BCUT2D eigenvalue weighted by Crippen LogP contribution is 2.30. The van der Waals surface area contributed by atoms with Crippen LogP contribution >= 0.6 is 0 Å². The molecule has 0 spiro atoms. The summed E-state index contributed by atoms with van der Waals surface area (Å²) in [4.78, 5) is 4.79. The lowest BCUT2D eigenvalue weighted by molar-refractivity contribution is 0.772. The molecule has 1 aliphatic heterocycles. The summed E-state index contributed by atoms with van der Waals surface area (Å²) in [5, 5.41) is 0. The van der Waals surface area contributed by atoms with E-state index in [0.717, 1.165) is 13.0 Å². The van der Waals surface area contributed by atoms with Crippen LogP contribution in [-0.2, 0) is 0 Å². The van der Waals surface area contributed by atoms with Crippen LogP contribution in [0.15, 0.2) is 47.5 Å². The van der Waals surface area contributed by atoms with Crippen LogP contribution in [0.25, 0.3) is 0 Å². The maximum Gasteiger partial charge on any atom is 0.0465 e. The quantitative estimate of drug-likeness (QED) is 0.751. The van der Waals surface area contributed by atoms with Gasteiger partial charge in [-0.25, -0.2) is 0 Å². The van der Waals surface area contributed by atoms with Gasteiger partial charge in [0.25, 0.3) is 0 Å². The van der Waals surface area contributed by atoms with Crippen molar-refractivity contribution in [3.8, 4) is 0 Å². The van der Waals surface area contributed by atoms with E-state index in [0.29, 0.717) is 5.92 Å². The zero-order valence-corrected chi connectivity index (χ0v) is 12.5. The highest BCUT2D eigenvalue weighted by Gasteiger charge is 2.22. The van der Waals surface area contributed by atoms with E-state index in [9.17, 15) is 0 Å². The van der Waals surface area contributed by atoms with Crippen LogP contribution < -0.4 is 0 Å². The molecule has 0 aromatic heterocycles. The van der Waals surface area contributed by atoms with E-state index < -0.39 is 0 Å². The molecule has 0 N–H and O–H groups in total. The Balaban J connectivity index is 1.82. The molecule has 0 amide bonds. The molecule has 1 heterocycles. The average Bonchev–Trinajstić information content (AvgIpc) is 2.88. The molecule has 1 nitrogen and oxygen atoms in total. The predicted molar refractivity (Wildman–Crippen MR) is 85.9 cm³/mol. The molecule has 3 rings (SSSR count). The molecule has 0 bridgehead atoms. The van der Waals surface area contributed by atoms with Crippen LogP contribution in [0.2, 0.25) is 0 Å². The lowest BCUT2D eigenvalue weighted by Crippen LogP contribution is -2.04. The van der Waals surface area contributed by atoms with Gasteiger partial charge in [-0.15, -0.1) is 0 Å². The van der Waals surface area contributed by atoms with E-state index in [1.54, 1.807) is 0 Å². The third-order valence-corrected chi connectivity index (χ3v) is 4.16. The molecule has 2 aromatic carbocycles. The molecule has 0 fully saturated rings. The van der Waals surface area contributed by atoms with Crippen molar-refractivity contribution in [3.63, 3.8) is 0 Å². The van der Waals surface area contributed by atoms with E-state index in [1.165, 1.54) is 33.5 Å². The zero-order chi connectivity index (χ0) is 14.1. The number of hydrogen-bond donors (Lipinski definition) is 0. The molecule has 102 valence electrons. The Morgan fingerprint density at radius 1 is 0.950 bits per heavy atom. The van der Waals surface area contributed by atoms with Crippen LogP contribution in [0.3, 0.4) is 0 Å². The first-order chi connectivity index (χ1) is 9.63. The van der Waals surface area contributed by atoms with Crippen LogP contribution in [-0.4, -0.2) is 12.3 Å². The maximum atomic E-state index is 4.79. The third-order valence-electron chi connectivity index (χ3n) is 4.16. The summed E-state index contributed by atoms with van der Waals surface area (Å²) in [5.74, 6) is 0.547. The minimum absolute atomic E-state index is 0.547. The Morgan fingerprint density at radius 3 is 2.50 bits per heavy atom. The van der Waals surface area contributed by atoms with Gasteiger partial charge in [-0.05, 0) is 43.9 Å². The van der Waals surface area contributed by atoms with E-state index in [1.807, 2.05) is 0 Å². The molecule has 1 aliphatic rings. The molecule has 2 aromatic rings. The first kappa shape index (κ1) is 13.1. The van der Waals surface area contributed by atoms with Gasteiger partial charge in [-0.2, -0.15) is 0 Å². The second-order valence-electron chi connectivity index (χ2n) is 5.92. The fourth-order valence-corrected chi connectivity index (χ4v) is 3.11. The van der Waals surface area contributed by atoms with Crippen molar-refractivity contribution < 1.29 is 0 Å². The van der Waals surface area contributed by atoms with Crippen molar-refractivity contribution in [2.24, 2.45) is 4.99 Å². The standard InChI is InChI=1S/C19H21N/c1-13-5-4-6-16(10-13)19-11-17(12-20-19)18-8-7-14(2)9-15(18)3/h4-10,17H,11-12H2,1-3H3. The predicted octanol–water partition coefficient (Wildman–Crippen LogP) is 4.59. The van der Waals surface area contributed by atoms with Gasteiger partial charge in [0.1, 0.15) is 0 Å². The molecular weight excluding hydrogens is 242 g/mol. The number of nitrogens with zero attached hydrogens (tertiary/aromatic N) is 1. The van der Waals surface area contributed by atoms with Gasteiger partial charge >= 0.3 is 0 Å². The molecule has 0 saturated heterocycles. The van der Waals surface area contributed by atoms with Crippen molar-refractivity contribution in [1.82, 2.24) is 0 Å². The highest BCUT2D eigenvalue weighted by atomic mass is 14.8. The Morgan fingerprint density at radius 2 is 1.75 bits per heavy atom. The van der Waals surface area contributed by atoms with E-state index in [2.05, 4.69) is 63.2 Å². The number of benzene rings is 2. The SMILES string of the molecule is Cc1cccc(C2=NCC(c3ccc(C)cc3C)C2)c1. The van der Waals surface area contributed by atoms with Crippen molar-refractivity contribution in [2.75, 3.05) is 6.54 Å². The van der Waals surface area contributed by atoms with Crippen molar-refractivity contribution >= 4 is 5.71 Å². The summed E-state index contributed by atoms with van der Waals surface area (Å²) in [6, 6.07) is 15.5. The summed E-state index contributed by atoms with van der Waals surface area (Å²) in [6.07, 6.45) is 1.06. The summed E-state index contributed by atoms with van der Waals surface area (Å²) in [7, 11) is 0. The van der Waals surface area contributed by atoms with E-state index in [4.69, 9.17) is 4.99 Å². The Hall–Kier alpha value is -1.89. The Kier molecular flexibility index (Phi) is 3.43. The fraction of sp³-hybridized carbons (Fsp3) is 0.316. The number of rotatable bonds is 2. The van der Waals surface area contributed by atoms with Gasteiger partial charge < -0.3 is 0 Å². The van der Waals surface area contributed by atoms with Crippen LogP contribution in [0, 0.1) is 20.8 Å². The topological polar surface area (TPSA) is 12.4 Å². The maximum absolute atomic E-state index is 4.79. The van der Waals surface area contributed by atoms with Gasteiger partial charge in [0.15, 0.2) is 0 Å². The third kappa shape index (κ3) is 2.53. The summed E-state index contributed by atoms with van der Waals surface area (Å²) >= 11 is 0. The van der Waals surface area contributed by atoms with Gasteiger partial charge in [0.05, 0.1) is 0 Å². The summed E-state index contributed by atoms with van der Waals surface area (Å²) in [5.41, 5.74) is 8.05. The molecule has 0 saturated carbocycles. The largest absolute Gasteiger partial charge is 0.288 e. The lowest BCUT2D eigenvalue weighted by atomic mass is 9.90. The molecule has 1 atom stereocenters. The monoisotopic (exact) mass is 263 g/mol. The van der Waals surface area contributed by atoms with E-state index in [-0.39, 0.29) is 0 Å². The minimum atomic E-state index is 0.547. The lowest BCUT2D eigenvalue weighted by Gasteiger charge is -2.13. The average molecular weight is 263 g/mol. The Bertz CT molecular complexity index is 667. The molecule has 0 aliphatic carbocycles. The second-order valence-corrected chi connectivity index (χ2v) is 5.92. The summed E-state index contributed by atoms with van der Waals surface area (Å²) < 4.78 is 0. The molecule has 20 heavy (non-hydrogen) atoms. The van der Waals surface area contributed by atoms with Gasteiger partial charge in [0.2, 0.25) is 0 Å². The smallest absolute Gasteiger partial charge is 0.0465 e. The molecule has 1 heteroatoms. The first-order valence-electron chi connectivity index (χ1n) is 7.31. The minimum Gasteiger partial charge on any atom is -0.288 e. The molecular formula is C19H21N. The van der Waals surface area contributed by atoms with Crippen molar-refractivity contribution in [1.29, 1.82) is 0 Å². The van der Waals surface area contributed by atoms with Gasteiger partial charge in [-0.3, -0.25) is 4.99 Å². The van der Waals surface area contributed by atoms with Gasteiger partial charge in [0, 0.05) is 18.2 Å². The van der Waals surface area contributed by atoms with Crippen LogP contribution in [0.5, 0.6) is 0 Å².